The Kier molecular flexibility index (Phi) is 4.75. The van der Waals surface area contributed by atoms with Crippen molar-refractivity contribution in [2.24, 2.45) is 0 Å². The summed E-state index contributed by atoms with van der Waals surface area (Å²) in [5, 5.41) is 8.37. The van der Waals surface area contributed by atoms with Gasteiger partial charge in [0.2, 0.25) is 0 Å². The molecule has 0 unspecified atom stereocenters. The lowest BCUT2D eigenvalue weighted by Gasteiger charge is -2.26. The third-order valence-electron chi connectivity index (χ3n) is 5.35. The standard InChI is InChI=1S/C22H24N4O/c1-3-15(2)20-19-13-18(14-23-21(19)25-24-20)16-7-9-17(10-8-16)22(27)26-11-5-4-6-12-26/h3,7-10,13-14H,4-6,11-12H2,1-2H3,(H,23,24,25)/b15-3+. The van der Waals surface area contributed by atoms with Crippen molar-refractivity contribution >= 4 is 22.5 Å². The smallest absolute Gasteiger partial charge is 0.253 e. The van der Waals surface area contributed by atoms with E-state index in [1.807, 2.05) is 42.3 Å². The van der Waals surface area contributed by atoms with Gasteiger partial charge in [0.15, 0.2) is 5.65 Å². The van der Waals surface area contributed by atoms with Crippen molar-refractivity contribution in [3.05, 3.63) is 53.9 Å². The summed E-state index contributed by atoms with van der Waals surface area (Å²) in [7, 11) is 0. The minimum absolute atomic E-state index is 0.135. The van der Waals surface area contributed by atoms with E-state index in [-0.39, 0.29) is 5.91 Å². The van der Waals surface area contributed by atoms with Crippen molar-refractivity contribution in [2.75, 3.05) is 13.1 Å². The lowest BCUT2D eigenvalue weighted by molar-refractivity contribution is 0.0724. The number of carbonyl (C=O) groups excluding carboxylic acids is 1. The van der Waals surface area contributed by atoms with Crippen LogP contribution < -0.4 is 0 Å². The Hall–Kier alpha value is -2.95. The predicted octanol–water partition coefficient (Wildman–Crippen LogP) is 4.67. The van der Waals surface area contributed by atoms with Crippen molar-refractivity contribution in [2.45, 2.75) is 33.1 Å². The molecule has 1 amide bonds. The topological polar surface area (TPSA) is 61.9 Å². The van der Waals surface area contributed by atoms with Crippen LogP contribution in [0, 0.1) is 0 Å². The number of aromatic amines is 1. The Morgan fingerprint density at radius 1 is 1.11 bits per heavy atom. The number of hydrogen-bond donors (Lipinski definition) is 1. The number of hydrogen-bond acceptors (Lipinski definition) is 3. The minimum Gasteiger partial charge on any atom is -0.339 e. The molecule has 3 heterocycles. The van der Waals surface area contributed by atoms with E-state index >= 15 is 0 Å². The van der Waals surface area contributed by atoms with Gasteiger partial charge in [0.25, 0.3) is 5.91 Å². The number of rotatable bonds is 3. The Balaban J connectivity index is 1.62. The third-order valence-corrected chi connectivity index (χ3v) is 5.35. The fraction of sp³-hybridized carbons (Fsp3) is 0.318. The number of allylic oxidation sites excluding steroid dienone is 2. The quantitative estimate of drug-likeness (QED) is 0.738. The van der Waals surface area contributed by atoms with Crippen molar-refractivity contribution in [1.82, 2.24) is 20.1 Å². The number of fused-ring (bicyclic) bond motifs is 1. The molecule has 1 saturated heterocycles. The van der Waals surface area contributed by atoms with Gasteiger partial charge in [-0.15, -0.1) is 0 Å². The van der Waals surface area contributed by atoms with E-state index < -0.39 is 0 Å². The van der Waals surface area contributed by atoms with E-state index in [0.717, 1.165) is 59.3 Å². The fourth-order valence-electron chi connectivity index (χ4n) is 3.59. The van der Waals surface area contributed by atoms with Crippen LogP contribution in [0.4, 0.5) is 0 Å². The molecule has 0 saturated carbocycles. The van der Waals surface area contributed by atoms with Gasteiger partial charge in [0.05, 0.1) is 5.69 Å². The molecule has 1 N–H and O–H groups in total. The van der Waals surface area contributed by atoms with Crippen LogP contribution in [-0.2, 0) is 0 Å². The van der Waals surface area contributed by atoms with Gasteiger partial charge >= 0.3 is 0 Å². The van der Waals surface area contributed by atoms with Gasteiger partial charge in [-0.3, -0.25) is 9.89 Å². The summed E-state index contributed by atoms with van der Waals surface area (Å²) >= 11 is 0. The molecule has 27 heavy (non-hydrogen) atoms. The summed E-state index contributed by atoms with van der Waals surface area (Å²) < 4.78 is 0. The molecular formula is C22H24N4O. The van der Waals surface area contributed by atoms with E-state index in [1.54, 1.807) is 0 Å². The SMILES string of the molecule is C/C=C(\C)c1[nH]nc2ncc(-c3ccc(C(=O)N4CCCCC4)cc3)cc12. The largest absolute Gasteiger partial charge is 0.339 e. The highest BCUT2D eigenvalue weighted by Crippen LogP contribution is 2.27. The number of H-pyrrole nitrogens is 1. The first-order chi connectivity index (χ1) is 13.2. The lowest BCUT2D eigenvalue weighted by atomic mass is 10.0. The van der Waals surface area contributed by atoms with Crippen LogP contribution >= 0.6 is 0 Å². The monoisotopic (exact) mass is 360 g/mol. The van der Waals surface area contributed by atoms with E-state index in [4.69, 9.17) is 0 Å². The Morgan fingerprint density at radius 2 is 1.85 bits per heavy atom. The van der Waals surface area contributed by atoms with Crippen molar-refractivity contribution in [3.63, 3.8) is 0 Å². The molecule has 1 aromatic carbocycles. The van der Waals surface area contributed by atoms with Gasteiger partial charge in [-0.05, 0) is 62.4 Å². The third kappa shape index (κ3) is 3.37. The zero-order chi connectivity index (χ0) is 18.8. The number of amides is 1. The molecular weight excluding hydrogens is 336 g/mol. The maximum absolute atomic E-state index is 12.6. The summed E-state index contributed by atoms with van der Waals surface area (Å²) in [6.07, 6.45) is 7.32. The highest BCUT2D eigenvalue weighted by atomic mass is 16.2. The molecule has 5 nitrogen and oxygen atoms in total. The molecule has 3 aromatic rings. The number of aromatic nitrogens is 3. The maximum Gasteiger partial charge on any atom is 0.253 e. The van der Waals surface area contributed by atoms with Crippen molar-refractivity contribution in [1.29, 1.82) is 0 Å². The zero-order valence-electron chi connectivity index (χ0n) is 15.8. The summed E-state index contributed by atoms with van der Waals surface area (Å²) in [5.74, 6) is 0.135. The van der Waals surface area contributed by atoms with Crippen LogP contribution in [0.3, 0.4) is 0 Å². The molecule has 0 aliphatic carbocycles. The second kappa shape index (κ2) is 7.35. The highest BCUT2D eigenvalue weighted by Gasteiger charge is 2.18. The van der Waals surface area contributed by atoms with Gasteiger partial charge in [-0.25, -0.2) is 4.98 Å². The van der Waals surface area contributed by atoms with Crippen molar-refractivity contribution in [3.8, 4) is 11.1 Å². The Morgan fingerprint density at radius 3 is 2.56 bits per heavy atom. The van der Waals surface area contributed by atoms with E-state index in [1.165, 1.54) is 6.42 Å². The van der Waals surface area contributed by atoms with Crippen LogP contribution in [0.15, 0.2) is 42.6 Å². The number of nitrogens with one attached hydrogen (secondary N) is 1. The second-order valence-corrected chi connectivity index (χ2v) is 7.10. The summed E-state index contributed by atoms with van der Waals surface area (Å²) in [5.41, 5.74) is 5.67. The lowest BCUT2D eigenvalue weighted by Crippen LogP contribution is -2.35. The normalized spacial score (nSPS) is 15.3. The van der Waals surface area contributed by atoms with Crippen LogP contribution in [0.1, 0.15) is 49.2 Å². The van der Waals surface area contributed by atoms with Crippen LogP contribution in [0.25, 0.3) is 27.7 Å². The number of carbonyl (C=O) groups is 1. The number of likely N-dealkylation sites (tertiary alicyclic amines) is 1. The number of piperidine rings is 1. The number of benzene rings is 1. The molecule has 1 fully saturated rings. The number of nitrogens with zero attached hydrogens (tertiary/aromatic N) is 3. The maximum atomic E-state index is 12.6. The summed E-state index contributed by atoms with van der Waals surface area (Å²) in [6, 6.07) is 9.95. The zero-order valence-corrected chi connectivity index (χ0v) is 15.8. The van der Waals surface area contributed by atoms with E-state index in [0.29, 0.717) is 5.65 Å². The average Bonchev–Trinajstić information content (AvgIpc) is 3.16. The van der Waals surface area contributed by atoms with Gasteiger partial charge in [0.1, 0.15) is 0 Å². The first kappa shape index (κ1) is 17.5. The van der Waals surface area contributed by atoms with Crippen LogP contribution in [0.2, 0.25) is 0 Å². The molecule has 1 aliphatic rings. The second-order valence-electron chi connectivity index (χ2n) is 7.10. The summed E-state index contributed by atoms with van der Waals surface area (Å²) in [4.78, 5) is 19.1. The average molecular weight is 360 g/mol. The van der Waals surface area contributed by atoms with E-state index in [9.17, 15) is 4.79 Å². The van der Waals surface area contributed by atoms with Gasteiger partial charge in [0, 0.05) is 35.8 Å². The van der Waals surface area contributed by atoms with Crippen molar-refractivity contribution < 1.29 is 4.79 Å². The van der Waals surface area contributed by atoms with E-state index in [2.05, 4.69) is 34.2 Å². The molecule has 0 atom stereocenters. The molecule has 138 valence electrons. The molecule has 0 bridgehead atoms. The number of pyridine rings is 1. The molecule has 0 spiro atoms. The first-order valence-corrected chi connectivity index (χ1v) is 9.54. The van der Waals surface area contributed by atoms with Gasteiger partial charge in [-0.2, -0.15) is 5.10 Å². The van der Waals surface area contributed by atoms with Gasteiger partial charge in [-0.1, -0.05) is 18.2 Å². The predicted molar refractivity (Wildman–Crippen MR) is 108 cm³/mol. The van der Waals surface area contributed by atoms with Gasteiger partial charge < -0.3 is 4.90 Å². The minimum atomic E-state index is 0.135. The molecule has 0 radical (unpaired) electrons. The first-order valence-electron chi connectivity index (χ1n) is 9.54. The Labute approximate surface area is 159 Å². The van der Waals surface area contributed by atoms with Crippen LogP contribution in [-0.4, -0.2) is 39.1 Å². The molecule has 5 heteroatoms. The van der Waals surface area contributed by atoms with Crippen LogP contribution in [0.5, 0.6) is 0 Å². The summed E-state index contributed by atoms with van der Waals surface area (Å²) in [6.45, 7) is 5.81. The molecule has 4 rings (SSSR count). The molecule has 2 aromatic heterocycles. The fourth-order valence-corrected chi connectivity index (χ4v) is 3.59. The highest BCUT2D eigenvalue weighted by molar-refractivity contribution is 5.95. The Bertz CT molecular complexity index is 995. The molecule has 1 aliphatic heterocycles.